The van der Waals surface area contributed by atoms with Crippen molar-refractivity contribution < 1.29 is 4.74 Å². The summed E-state index contributed by atoms with van der Waals surface area (Å²) in [7, 11) is 0. The summed E-state index contributed by atoms with van der Waals surface area (Å²) in [6.07, 6.45) is 5.45. The van der Waals surface area contributed by atoms with Crippen LogP contribution < -0.4 is 5.32 Å². The molecule has 4 rings (SSSR count). The minimum Gasteiger partial charge on any atom is -0.379 e. The summed E-state index contributed by atoms with van der Waals surface area (Å²) >= 11 is 0. The van der Waals surface area contributed by atoms with Crippen LogP contribution in [0.1, 0.15) is 31.2 Å². The van der Waals surface area contributed by atoms with Crippen molar-refractivity contribution in [1.29, 1.82) is 0 Å². The molecule has 3 aliphatic rings. The highest BCUT2D eigenvalue weighted by molar-refractivity contribution is 5.14. The van der Waals surface area contributed by atoms with Crippen LogP contribution in [-0.2, 0) is 11.3 Å². The molecular formula is C20H31N3O. The molecule has 132 valence electrons. The summed E-state index contributed by atoms with van der Waals surface area (Å²) in [5.41, 5.74) is 1.40. The molecule has 3 aliphatic heterocycles. The molecule has 3 heterocycles. The molecule has 3 fully saturated rings. The maximum atomic E-state index is 5.46. The number of ether oxygens (including phenoxy) is 1. The first-order valence-electron chi connectivity index (χ1n) is 9.71. The van der Waals surface area contributed by atoms with E-state index < -0.39 is 0 Å². The largest absolute Gasteiger partial charge is 0.379 e. The highest BCUT2D eigenvalue weighted by Crippen LogP contribution is 2.35. The maximum Gasteiger partial charge on any atom is 0.0594 e. The fourth-order valence-corrected chi connectivity index (χ4v) is 4.75. The summed E-state index contributed by atoms with van der Waals surface area (Å²) in [6.45, 7) is 7.55. The Kier molecular flexibility index (Phi) is 5.48. The van der Waals surface area contributed by atoms with E-state index in [4.69, 9.17) is 4.74 Å². The van der Waals surface area contributed by atoms with Gasteiger partial charge in [0.25, 0.3) is 0 Å². The first-order chi connectivity index (χ1) is 11.9. The summed E-state index contributed by atoms with van der Waals surface area (Å²) in [5.74, 6) is 0. The lowest BCUT2D eigenvalue weighted by molar-refractivity contribution is 0.0257. The molecule has 3 saturated heterocycles. The third-order valence-electron chi connectivity index (χ3n) is 6.10. The summed E-state index contributed by atoms with van der Waals surface area (Å²) in [4.78, 5) is 5.39. The van der Waals surface area contributed by atoms with Gasteiger partial charge in [0.05, 0.1) is 13.2 Å². The topological polar surface area (TPSA) is 27.7 Å². The van der Waals surface area contributed by atoms with Crippen LogP contribution in [0.4, 0.5) is 0 Å². The van der Waals surface area contributed by atoms with Crippen LogP contribution in [0.5, 0.6) is 0 Å². The van der Waals surface area contributed by atoms with Gasteiger partial charge < -0.3 is 10.1 Å². The number of piperidine rings is 1. The van der Waals surface area contributed by atoms with Gasteiger partial charge in [-0.3, -0.25) is 9.80 Å². The van der Waals surface area contributed by atoms with Crippen LogP contribution in [0.25, 0.3) is 0 Å². The monoisotopic (exact) mass is 329 g/mol. The molecule has 0 amide bonds. The average molecular weight is 329 g/mol. The van der Waals surface area contributed by atoms with E-state index >= 15 is 0 Å². The zero-order valence-electron chi connectivity index (χ0n) is 14.7. The first kappa shape index (κ1) is 16.5. The van der Waals surface area contributed by atoms with Crippen LogP contribution in [0.15, 0.2) is 30.3 Å². The Bertz CT molecular complexity index is 489. The molecule has 1 aromatic carbocycles. The lowest BCUT2D eigenvalue weighted by Crippen LogP contribution is -2.51. The zero-order valence-corrected chi connectivity index (χ0v) is 14.7. The van der Waals surface area contributed by atoms with Crippen molar-refractivity contribution in [2.24, 2.45) is 0 Å². The molecule has 1 N–H and O–H groups in total. The van der Waals surface area contributed by atoms with E-state index in [0.29, 0.717) is 6.04 Å². The number of rotatable bonds is 6. The van der Waals surface area contributed by atoms with Gasteiger partial charge in [-0.1, -0.05) is 30.3 Å². The molecule has 0 spiro atoms. The van der Waals surface area contributed by atoms with Gasteiger partial charge in [-0.25, -0.2) is 0 Å². The van der Waals surface area contributed by atoms with Gasteiger partial charge in [0.15, 0.2) is 0 Å². The predicted molar refractivity (Wildman–Crippen MR) is 97.1 cm³/mol. The van der Waals surface area contributed by atoms with Gasteiger partial charge in [-0.15, -0.1) is 0 Å². The molecule has 1 aromatic rings. The van der Waals surface area contributed by atoms with Gasteiger partial charge in [0, 0.05) is 50.8 Å². The highest BCUT2D eigenvalue weighted by Gasteiger charge is 2.40. The normalized spacial score (nSPS) is 31.4. The molecule has 0 radical (unpaired) electrons. The fraction of sp³-hybridized carbons (Fsp3) is 0.700. The SMILES string of the molecule is c1ccc(CNC2CC3CCC(C2)N3CCN2CCOCC2)cc1. The Morgan fingerprint density at radius 2 is 1.67 bits per heavy atom. The number of morpholine rings is 1. The maximum absolute atomic E-state index is 5.46. The second kappa shape index (κ2) is 7.96. The van der Waals surface area contributed by atoms with E-state index in [1.165, 1.54) is 44.3 Å². The van der Waals surface area contributed by atoms with Crippen molar-refractivity contribution in [3.63, 3.8) is 0 Å². The lowest BCUT2D eigenvalue weighted by atomic mass is 9.97. The van der Waals surface area contributed by atoms with Crippen LogP contribution in [0, 0.1) is 0 Å². The molecule has 2 atom stereocenters. The van der Waals surface area contributed by atoms with Crippen LogP contribution in [0.3, 0.4) is 0 Å². The Hall–Kier alpha value is -0.940. The standard InChI is InChI=1S/C20H31N3O/c1-2-4-17(5-3-1)16-21-18-14-19-6-7-20(15-18)23(19)9-8-22-10-12-24-13-11-22/h1-5,18-21H,6-16H2. The Labute approximate surface area is 146 Å². The molecule has 0 aliphatic carbocycles. The molecular weight excluding hydrogens is 298 g/mol. The summed E-state index contributed by atoms with van der Waals surface area (Å²) < 4.78 is 5.46. The molecule has 4 nitrogen and oxygen atoms in total. The van der Waals surface area contributed by atoms with Crippen LogP contribution in [-0.4, -0.2) is 67.3 Å². The van der Waals surface area contributed by atoms with E-state index in [-0.39, 0.29) is 0 Å². The minimum absolute atomic E-state index is 0.697. The molecule has 24 heavy (non-hydrogen) atoms. The number of fused-ring (bicyclic) bond motifs is 2. The Morgan fingerprint density at radius 3 is 2.38 bits per heavy atom. The quantitative estimate of drug-likeness (QED) is 0.865. The number of benzene rings is 1. The third kappa shape index (κ3) is 3.99. The number of hydrogen-bond donors (Lipinski definition) is 1. The third-order valence-corrected chi connectivity index (χ3v) is 6.10. The van der Waals surface area contributed by atoms with Gasteiger partial charge in [0.1, 0.15) is 0 Å². The Balaban J connectivity index is 1.24. The van der Waals surface area contributed by atoms with E-state index in [9.17, 15) is 0 Å². The smallest absolute Gasteiger partial charge is 0.0594 e. The van der Waals surface area contributed by atoms with Gasteiger partial charge in [-0.2, -0.15) is 0 Å². The van der Waals surface area contributed by atoms with Crippen molar-refractivity contribution in [2.45, 2.75) is 50.4 Å². The van der Waals surface area contributed by atoms with Crippen molar-refractivity contribution in [1.82, 2.24) is 15.1 Å². The van der Waals surface area contributed by atoms with Crippen molar-refractivity contribution in [3.8, 4) is 0 Å². The molecule has 2 bridgehead atoms. The predicted octanol–water partition coefficient (Wildman–Crippen LogP) is 2.10. The summed E-state index contributed by atoms with van der Waals surface area (Å²) in [6, 6.07) is 13.1. The average Bonchev–Trinajstić information content (AvgIpc) is 2.88. The molecule has 2 unspecified atom stereocenters. The van der Waals surface area contributed by atoms with Gasteiger partial charge in [-0.05, 0) is 31.2 Å². The van der Waals surface area contributed by atoms with E-state index in [1.54, 1.807) is 0 Å². The van der Waals surface area contributed by atoms with E-state index in [0.717, 1.165) is 44.9 Å². The van der Waals surface area contributed by atoms with Gasteiger partial charge in [0.2, 0.25) is 0 Å². The number of nitrogens with one attached hydrogen (secondary N) is 1. The Morgan fingerprint density at radius 1 is 0.958 bits per heavy atom. The molecule has 0 aromatic heterocycles. The van der Waals surface area contributed by atoms with Crippen LogP contribution in [0.2, 0.25) is 0 Å². The van der Waals surface area contributed by atoms with Crippen molar-refractivity contribution >= 4 is 0 Å². The van der Waals surface area contributed by atoms with E-state index in [2.05, 4.69) is 45.4 Å². The number of hydrogen-bond acceptors (Lipinski definition) is 4. The van der Waals surface area contributed by atoms with Crippen LogP contribution >= 0.6 is 0 Å². The lowest BCUT2D eigenvalue weighted by Gasteiger charge is -2.40. The van der Waals surface area contributed by atoms with E-state index in [1.807, 2.05) is 0 Å². The second-order valence-electron chi connectivity index (χ2n) is 7.61. The van der Waals surface area contributed by atoms with Crippen molar-refractivity contribution in [2.75, 3.05) is 39.4 Å². The molecule has 0 saturated carbocycles. The second-order valence-corrected chi connectivity index (χ2v) is 7.61. The highest BCUT2D eigenvalue weighted by atomic mass is 16.5. The first-order valence-corrected chi connectivity index (χ1v) is 9.71. The fourth-order valence-electron chi connectivity index (χ4n) is 4.75. The van der Waals surface area contributed by atoms with Crippen molar-refractivity contribution in [3.05, 3.63) is 35.9 Å². The summed E-state index contributed by atoms with van der Waals surface area (Å²) in [5, 5.41) is 3.81. The minimum atomic E-state index is 0.697. The number of nitrogens with zero attached hydrogens (tertiary/aromatic N) is 2. The van der Waals surface area contributed by atoms with Gasteiger partial charge >= 0.3 is 0 Å². The zero-order chi connectivity index (χ0) is 16.2. The molecule has 4 heteroatoms.